The molecule has 1 heterocycles. The van der Waals surface area contributed by atoms with E-state index in [-0.39, 0.29) is 36.7 Å². The monoisotopic (exact) mass is 390 g/mol. The molecular weight excluding hydrogens is 369 g/mol. The van der Waals surface area contributed by atoms with Crippen LogP contribution in [0, 0.1) is 11.7 Å². The minimum absolute atomic E-state index is 0. The summed E-state index contributed by atoms with van der Waals surface area (Å²) in [7, 11) is 0. The predicted octanol–water partition coefficient (Wildman–Crippen LogP) is 4.97. The molecule has 0 saturated carbocycles. The van der Waals surface area contributed by atoms with Gasteiger partial charge >= 0.3 is 0 Å². The molecule has 2 nitrogen and oxygen atoms in total. The fraction of sp³-hybridized carbons (Fsp3) is 0.600. The molecular formula is C15H23Cl4FN2. The number of piperazine rings is 1. The maximum atomic E-state index is 14.3. The Kier molecular flexibility index (Phi) is 10.3. The van der Waals surface area contributed by atoms with Gasteiger partial charge in [-0.05, 0) is 18.1 Å². The van der Waals surface area contributed by atoms with Gasteiger partial charge in [0.25, 0.3) is 0 Å². The van der Waals surface area contributed by atoms with E-state index < -0.39 is 0 Å². The Balaban J connectivity index is 0.00000220. The summed E-state index contributed by atoms with van der Waals surface area (Å²) in [5, 5.41) is 4.10. The van der Waals surface area contributed by atoms with E-state index in [1.165, 1.54) is 12.1 Å². The van der Waals surface area contributed by atoms with Crippen molar-refractivity contribution in [3.05, 3.63) is 33.6 Å². The highest BCUT2D eigenvalue weighted by atomic mass is 35.5. The average Bonchev–Trinajstić information content (AvgIpc) is 2.48. The summed E-state index contributed by atoms with van der Waals surface area (Å²) in [4.78, 5) is 2.31. The number of benzene rings is 1. The third-order valence-corrected chi connectivity index (χ3v) is 4.92. The summed E-state index contributed by atoms with van der Waals surface area (Å²) in [6.45, 7) is 7.91. The van der Waals surface area contributed by atoms with Crippen LogP contribution < -0.4 is 5.32 Å². The van der Waals surface area contributed by atoms with Crippen LogP contribution in [-0.2, 0) is 0 Å². The van der Waals surface area contributed by atoms with Gasteiger partial charge in [-0.25, -0.2) is 4.39 Å². The van der Waals surface area contributed by atoms with Gasteiger partial charge in [0, 0.05) is 37.8 Å². The summed E-state index contributed by atoms with van der Waals surface area (Å²) in [6.07, 6.45) is 0.969. The lowest BCUT2D eigenvalue weighted by molar-refractivity contribution is 0.125. The van der Waals surface area contributed by atoms with E-state index in [9.17, 15) is 4.39 Å². The Hall–Kier alpha value is 0.230. The zero-order valence-electron chi connectivity index (χ0n) is 12.7. The minimum atomic E-state index is -0.261. The van der Waals surface area contributed by atoms with Gasteiger partial charge in [0.1, 0.15) is 5.82 Å². The third-order valence-electron chi connectivity index (χ3n) is 4.10. The Morgan fingerprint density at radius 2 is 1.82 bits per heavy atom. The minimum Gasteiger partial charge on any atom is -0.314 e. The zero-order valence-corrected chi connectivity index (χ0v) is 15.9. The second-order valence-corrected chi connectivity index (χ2v) is 6.16. The van der Waals surface area contributed by atoms with Crippen molar-refractivity contribution in [3.8, 4) is 0 Å². The number of hydrogen-bond donors (Lipinski definition) is 1. The van der Waals surface area contributed by atoms with Gasteiger partial charge in [-0.1, -0.05) is 43.5 Å². The molecule has 1 aliphatic heterocycles. The van der Waals surface area contributed by atoms with E-state index >= 15 is 0 Å². The van der Waals surface area contributed by atoms with Gasteiger partial charge in [0.15, 0.2) is 0 Å². The van der Waals surface area contributed by atoms with Gasteiger partial charge in [0.2, 0.25) is 0 Å². The second-order valence-electron chi connectivity index (χ2n) is 5.37. The first kappa shape index (κ1) is 22.2. The highest BCUT2D eigenvalue weighted by Crippen LogP contribution is 2.39. The highest BCUT2D eigenvalue weighted by Gasteiger charge is 2.31. The van der Waals surface area contributed by atoms with Crippen molar-refractivity contribution in [2.75, 3.05) is 26.2 Å². The molecule has 1 unspecified atom stereocenters. The Morgan fingerprint density at radius 1 is 1.23 bits per heavy atom. The highest BCUT2D eigenvalue weighted by molar-refractivity contribution is 6.42. The molecule has 7 heteroatoms. The van der Waals surface area contributed by atoms with Crippen LogP contribution in [0.3, 0.4) is 0 Å². The molecule has 0 aromatic heterocycles. The molecule has 1 aromatic carbocycles. The average molecular weight is 392 g/mol. The number of rotatable bonds is 4. The number of halogens is 5. The molecule has 0 bridgehead atoms. The van der Waals surface area contributed by atoms with Crippen LogP contribution in [0.1, 0.15) is 31.9 Å². The molecule has 0 radical (unpaired) electrons. The molecule has 0 spiro atoms. The van der Waals surface area contributed by atoms with Crippen molar-refractivity contribution < 1.29 is 4.39 Å². The lowest BCUT2D eigenvalue weighted by Gasteiger charge is -2.39. The molecule has 1 fully saturated rings. The van der Waals surface area contributed by atoms with Crippen LogP contribution in [0.15, 0.2) is 12.1 Å². The smallest absolute Gasteiger partial charge is 0.129 e. The van der Waals surface area contributed by atoms with Crippen molar-refractivity contribution in [1.29, 1.82) is 0 Å². The standard InChI is InChI=1S/C15H21Cl2FN2.2ClH/c1-3-10(2)15(20-8-6-19-7-9-20)13-12(18)5-4-11(16)14(13)17;;/h4-5,10,15,19H,3,6-9H2,1-2H3;2*1H/t10?,15-;;/m1../s1. The van der Waals surface area contributed by atoms with Crippen molar-refractivity contribution in [3.63, 3.8) is 0 Å². The molecule has 0 aliphatic carbocycles. The van der Waals surface area contributed by atoms with E-state index in [0.717, 1.165) is 32.6 Å². The summed E-state index contributed by atoms with van der Waals surface area (Å²) in [6, 6.07) is 2.92. The van der Waals surface area contributed by atoms with Gasteiger partial charge in [-0.3, -0.25) is 4.90 Å². The van der Waals surface area contributed by atoms with Crippen LogP contribution in [0.4, 0.5) is 4.39 Å². The van der Waals surface area contributed by atoms with Gasteiger partial charge in [0.05, 0.1) is 10.0 Å². The van der Waals surface area contributed by atoms with E-state index in [1.807, 2.05) is 0 Å². The van der Waals surface area contributed by atoms with E-state index in [4.69, 9.17) is 23.2 Å². The normalized spacial score (nSPS) is 18.0. The first-order valence-electron chi connectivity index (χ1n) is 7.14. The van der Waals surface area contributed by atoms with Crippen molar-refractivity contribution in [2.24, 2.45) is 5.92 Å². The number of nitrogens with one attached hydrogen (secondary N) is 1. The Bertz CT molecular complexity index is 467. The Morgan fingerprint density at radius 3 is 2.36 bits per heavy atom. The molecule has 1 aliphatic rings. The quantitative estimate of drug-likeness (QED) is 0.729. The molecule has 2 rings (SSSR count). The lowest BCUT2D eigenvalue weighted by Crippen LogP contribution is -2.46. The van der Waals surface area contributed by atoms with E-state index in [1.54, 1.807) is 0 Å². The predicted molar refractivity (Wildman–Crippen MR) is 97.6 cm³/mol. The molecule has 2 atom stereocenters. The SMILES string of the molecule is CCC(C)[C@H](c1c(F)ccc(Cl)c1Cl)N1CCNCC1.Cl.Cl. The largest absolute Gasteiger partial charge is 0.314 e. The Labute approximate surface area is 154 Å². The summed E-state index contributed by atoms with van der Waals surface area (Å²) >= 11 is 12.4. The number of hydrogen-bond acceptors (Lipinski definition) is 2. The van der Waals surface area contributed by atoms with Crippen LogP contribution in [0.2, 0.25) is 10.0 Å². The fourth-order valence-electron chi connectivity index (χ4n) is 2.82. The van der Waals surface area contributed by atoms with E-state index in [2.05, 4.69) is 24.1 Å². The first-order valence-corrected chi connectivity index (χ1v) is 7.90. The van der Waals surface area contributed by atoms with Crippen molar-refractivity contribution >= 4 is 48.0 Å². The van der Waals surface area contributed by atoms with Crippen LogP contribution in [0.5, 0.6) is 0 Å². The zero-order chi connectivity index (χ0) is 14.7. The summed E-state index contributed by atoms with van der Waals surface area (Å²) in [5.74, 6) is 0.0572. The summed E-state index contributed by atoms with van der Waals surface area (Å²) in [5.41, 5.74) is 0.551. The van der Waals surface area contributed by atoms with Crippen LogP contribution in [0.25, 0.3) is 0 Å². The molecule has 22 heavy (non-hydrogen) atoms. The van der Waals surface area contributed by atoms with Gasteiger partial charge < -0.3 is 5.32 Å². The maximum Gasteiger partial charge on any atom is 0.129 e. The number of nitrogens with zero attached hydrogens (tertiary/aromatic N) is 1. The molecule has 1 N–H and O–H groups in total. The first-order chi connectivity index (χ1) is 9.56. The molecule has 1 saturated heterocycles. The van der Waals surface area contributed by atoms with Crippen molar-refractivity contribution in [2.45, 2.75) is 26.3 Å². The fourth-order valence-corrected chi connectivity index (χ4v) is 3.25. The van der Waals surface area contributed by atoms with Crippen molar-refractivity contribution in [1.82, 2.24) is 10.2 Å². The third kappa shape index (κ3) is 4.86. The van der Waals surface area contributed by atoms with Gasteiger partial charge in [-0.2, -0.15) is 0 Å². The molecule has 0 amide bonds. The lowest BCUT2D eigenvalue weighted by atomic mass is 9.90. The molecule has 1 aromatic rings. The topological polar surface area (TPSA) is 15.3 Å². The van der Waals surface area contributed by atoms with Gasteiger partial charge in [-0.15, -0.1) is 24.8 Å². The van der Waals surface area contributed by atoms with Crippen LogP contribution in [-0.4, -0.2) is 31.1 Å². The molecule has 128 valence electrons. The second kappa shape index (κ2) is 10.2. The van der Waals surface area contributed by atoms with E-state index in [0.29, 0.717) is 21.5 Å². The van der Waals surface area contributed by atoms with Crippen LogP contribution >= 0.6 is 48.0 Å². The summed E-state index contributed by atoms with van der Waals surface area (Å²) < 4.78 is 14.3. The maximum absolute atomic E-state index is 14.3.